The summed E-state index contributed by atoms with van der Waals surface area (Å²) in [7, 11) is 0. The molecule has 0 aromatic heterocycles. The Morgan fingerprint density at radius 3 is 2.30 bits per heavy atom. The first-order chi connectivity index (χ1) is 17.9. The lowest BCUT2D eigenvalue weighted by atomic mass is 10.0. The molecule has 0 radical (unpaired) electrons. The molecule has 0 saturated carbocycles. The number of rotatable bonds is 13. The molecule has 0 aliphatic heterocycles. The Bertz CT molecular complexity index is 1130. The van der Waals surface area contributed by atoms with Crippen LogP contribution in [-0.4, -0.2) is 35.9 Å². The summed E-state index contributed by atoms with van der Waals surface area (Å²) in [6.45, 7) is 7.09. The Labute approximate surface area is 229 Å². The van der Waals surface area contributed by atoms with Crippen LogP contribution in [0.5, 0.6) is 5.75 Å². The van der Waals surface area contributed by atoms with E-state index in [0.29, 0.717) is 31.2 Å². The van der Waals surface area contributed by atoms with Crippen molar-refractivity contribution in [3.63, 3.8) is 0 Å². The van der Waals surface area contributed by atoms with E-state index < -0.39 is 6.04 Å². The lowest BCUT2D eigenvalue weighted by Gasteiger charge is -2.31. The molecular weight excluding hydrogens is 528 g/mol. The SMILES string of the molecule is CCCCNC(=O)[C@H](Cc1ccccc1)N(Cc1cccc(Br)c1)C(=O)COc1ccc(C(C)C)cc1. The second-order valence-corrected chi connectivity index (χ2v) is 10.4. The van der Waals surface area contributed by atoms with Gasteiger partial charge in [0.25, 0.3) is 5.91 Å². The van der Waals surface area contributed by atoms with Gasteiger partial charge in [0, 0.05) is 24.0 Å². The third-order valence-electron chi connectivity index (χ3n) is 6.25. The molecule has 0 aliphatic rings. The van der Waals surface area contributed by atoms with E-state index in [1.54, 1.807) is 4.90 Å². The third-order valence-corrected chi connectivity index (χ3v) is 6.74. The Morgan fingerprint density at radius 2 is 1.65 bits per heavy atom. The normalized spacial score (nSPS) is 11.7. The van der Waals surface area contributed by atoms with Crippen LogP contribution in [-0.2, 0) is 22.6 Å². The first kappa shape index (κ1) is 28.5. The highest BCUT2D eigenvalue weighted by molar-refractivity contribution is 9.10. The van der Waals surface area contributed by atoms with Gasteiger partial charge < -0.3 is 15.0 Å². The van der Waals surface area contributed by atoms with Crippen LogP contribution < -0.4 is 10.1 Å². The average molecular weight is 566 g/mol. The van der Waals surface area contributed by atoms with E-state index in [1.165, 1.54) is 5.56 Å². The van der Waals surface area contributed by atoms with Gasteiger partial charge in [-0.2, -0.15) is 0 Å². The van der Waals surface area contributed by atoms with Crippen molar-refractivity contribution in [3.8, 4) is 5.75 Å². The molecule has 0 unspecified atom stereocenters. The van der Waals surface area contributed by atoms with Gasteiger partial charge in [-0.05, 0) is 53.3 Å². The highest BCUT2D eigenvalue weighted by Crippen LogP contribution is 2.20. The molecule has 2 amide bonds. The van der Waals surface area contributed by atoms with Gasteiger partial charge in [-0.3, -0.25) is 9.59 Å². The predicted molar refractivity (Wildman–Crippen MR) is 153 cm³/mol. The fourth-order valence-electron chi connectivity index (χ4n) is 4.07. The van der Waals surface area contributed by atoms with Crippen LogP contribution in [0.1, 0.15) is 56.2 Å². The van der Waals surface area contributed by atoms with Crippen LogP contribution in [0.2, 0.25) is 0 Å². The number of nitrogens with one attached hydrogen (secondary N) is 1. The zero-order chi connectivity index (χ0) is 26.6. The van der Waals surface area contributed by atoms with Gasteiger partial charge in [0.15, 0.2) is 6.61 Å². The Morgan fingerprint density at radius 1 is 0.946 bits per heavy atom. The van der Waals surface area contributed by atoms with E-state index in [2.05, 4.69) is 42.0 Å². The molecule has 0 saturated heterocycles. The number of carbonyl (C=O) groups excluding carboxylic acids is 2. The number of halogens is 1. The lowest BCUT2D eigenvalue weighted by molar-refractivity contribution is -0.142. The summed E-state index contributed by atoms with van der Waals surface area (Å²) < 4.78 is 6.81. The standard InChI is InChI=1S/C31H37BrN2O3/c1-4-5-18-33-31(36)29(20-24-10-7-6-8-11-24)34(21-25-12-9-13-27(32)19-25)30(35)22-37-28-16-14-26(15-17-28)23(2)3/h6-17,19,23,29H,4-5,18,20-22H2,1-3H3,(H,33,36)/t29-/m0/s1. The van der Waals surface area contributed by atoms with Gasteiger partial charge in [-0.1, -0.05) is 97.7 Å². The molecule has 3 aromatic carbocycles. The van der Waals surface area contributed by atoms with Crippen molar-refractivity contribution >= 4 is 27.7 Å². The second kappa shape index (κ2) is 14.6. The van der Waals surface area contributed by atoms with Crippen molar-refractivity contribution in [3.05, 3.63) is 100 Å². The quantitative estimate of drug-likeness (QED) is 0.241. The Kier molecular flexibility index (Phi) is 11.2. The maximum absolute atomic E-state index is 13.7. The topological polar surface area (TPSA) is 58.6 Å². The van der Waals surface area contributed by atoms with Gasteiger partial charge in [0.2, 0.25) is 5.91 Å². The van der Waals surface area contributed by atoms with E-state index in [4.69, 9.17) is 4.74 Å². The number of hydrogen-bond donors (Lipinski definition) is 1. The molecule has 0 fully saturated rings. The number of hydrogen-bond acceptors (Lipinski definition) is 3. The van der Waals surface area contributed by atoms with Crippen LogP contribution in [0.3, 0.4) is 0 Å². The highest BCUT2D eigenvalue weighted by atomic mass is 79.9. The number of nitrogens with zero attached hydrogens (tertiary/aromatic N) is 1. The van der Waals surface area contributed by atoms with E-state index in [0.717, 1.165) is 28.4 Å². The summed E-state index contributed by atoms with van der Waals surface area (Å²) in [4.78, 5) is 28.8. The monoisotopic (exact) mass is 564 g/mol. The minimum absolute atomic E-state index is 0.150. The van der Waals surface area contributed by atoms with Crippen LogP contribution in [0.15, 0.2) is 83.3 Å². The van der Waals surface area contributed by atoms with Gasteiger partial charge in [-0.15, -0.1) is 0 Å². The number of unbranched alkanes of at least 4 members (excludes halogenated alkanes) is 1. The molecule has 0 heterocycles. The minimum Gasteiger partial charge on any atom is -0.484 e. The molecule has 0 bridgehead atoms. The highest BCUT2D eigenvalue weighted by Gasteiger charge is 2.30. The molecule has 3 rings (SSSR count). The van der Waals surface area contributed by atoms with E-state index in [1.807, 2.05) is 78.9 Å². The van der Waals surface area contributed by atoms with Gasteiger partial charge in [0.05, 0.1) is 0 Å². The summed E-state index contributed by atoms with van der Waals surface area (Å²) in [6, 6.07) is 24.8. The molecule has 196 valence electrons. The molecule has 0 spiro atoms. The van der Waals surface area contributed by atoms with E-state index in [9.17, 15) is 9.59 Å². The smallest absolute Gasteiger partial charge is 0.261 e. The first-order valence-electron chi connectivity index (χ1n) is 13.0. The maximum Gasteiger partial charge on any atom is 0.261 e. The fourth-order valence-corrected chi connectivity index (χ4v) is 4.52. The van der Waals surface area contributed by atoms with Crippen molar-refractivity contribution < 1.29 is 14.3 Å². The van der Waals surface area contributed by atoms with Crippen molar-refractivity contribution in [1.82, 2.24) is 10.2 Å². The summed E-state index contributed by atoms with van der Waals surface area (Å²) in [5.74, 6) is 0.662. The fraction of sp³-hybridized carbons (Fsp3) is 0.355. The molecule has 5 nitrogen and oxygen atoms in total. The molecular formula is C31H37BrN2O3. The zero-order valence-electron chi connectivity index (χ0n) is 22.0. The summed E-state index contributed by atoms with van der Waals surface area (Å²) >= 11 is 3.52. The second-order valence-electron chi connectivity index (χ2n) is 9.51. The van der Waals surface area contributed by atoms with Gasteiger partial charge >= 0.3 is 0 Å². The number of amides is 2. The molecule has 0 aliphatic carbocycles. The molecule has 1 N–H and O–H groups in total. The largest absolute Gasteiger partial charge is 0.484 e. The van der Waals surface area contributed by atoms with E-state index >= 15 is 0 Å². The maximum atomic E-state index is 13.7. The average Bonchev–Trinajstić information content (AvgIpc) is 2.90. The van der Waals surface area contributed by atoms with Crippen LogP contribution >= 0.6 is 15.9 Å². The molecule has 37 heavy (non-hydrogen) atoms. The molecule has 6 heteroatoms. The molecule has 1 atom stereocenters. The number of carbonyl (C=O) groups is 2. The molecule has 3 aromatic rings. The van der Waals surface area contributed by atoms with E-state index in [-0.39, 0.29) is 18.4 Å². The first-order valence-corrected chi connectivity index (χ1v) is 13.7. The van der Waals surface area contributed by atoms with Crippen molar-refractivity contribution in [2.75, 3.05) is 13.2 Å². The lowest BCUT2D eigenvalue weighted by Crippen LogP contribution is -2.51. The summed E-state index contributed by atoms with van der Waals surface area (Å²) in [5, 5.41) is 3.04. The van der Waals surface area contributed by atoms with Crippen molar-refractivity contribution in [2.45, 2.75) is 58.5 Å². The predicted octanol–water partition coefficient (Wildman–Crippen LogP) is 6.51. The van der Waals surface area contributed by atoms with Gasteiger partial charge in [0.1, 0.15) is 11.8 Å². The summed E-state index contributed by atoms with van der Waals surface area (Å²) in [5.41, 5.74) is 3.14. The number of ether oxygens (including phenoxy) is 1. The minimum atomic E-state index is -0.669. The van der Waals surface area contributed by atoms with Crippen molar-refractivity contribution in [2.24, 2.45) is 0 Å². The Balaban J connectivity index is 1.86. The third kappa shape index (κ3) is 9.04. The Hall–Kier alpha value is -3.12. The van der Waals surface area contributed by atoms with Crippen LogP contribution in [0.25, 0.3) is 0 Å². The summed E-state index contributed by atoms with van der Waals surface area (Å²) in [6.07, 6.45) is 2.29. The van der Waals surface area contributed by atoms with Crippen molar-refractivity contribution in [1.29, 1.82) is 0 Å². The van der Waals surface area contributed by atoms with Crippen LogP contribution in [0, 0.1) is 0 Å². The van der Waals surface area contributed by atoms with Crippen LogP contribution in [0.4, 0.5) is 0 Å². The zero-order valence-corrected chi connectivity index (χ0v) is 23.5. The van der Waals surface area contributed by atoms with Gasteiger partial charge in [-0.25, -0.2) is 0 Å². The number of benzene rings is 3.